The van der Waals surface area contributed by atoms with Crippen molar-refractivity contribution < 1.29 is 4.43 Å². The molecule has 1 atom stereocenters. The fourth-order valence-corrected chi connectivity index (χ4v) is 3.34. The van der Waals surface area contributed by atoms with E-state index in [2.05, 4.69) is 33.9 Å². The average Bonchev–Trinajstić information content (AvgIpc) is 2.12. The van der Waals surface area contributed by atoms with Crippen LogP contribution in [-0.2, 0) is 4.43 Å². The number of nitrogens with two attached hydrogens (primary N) is 1. The molecular formula is C13H20Cl2NOSi. The molecule has 0 saturated carbocycles. The molecule has 101 valence electrons. The van der Waals surface area contributed by atoms with Crippen molar-refractivity contribution in [2.24, 2.45) is 5.41 Å². The Labute approximate surface area is 121 Å². The second-order valence-corrected chi connectivity index (χ2v) is 8.56. The van der Waals surface area contributed by atoms with Gasteiger partial charge in [0, 0.05) is 21.3 Å². The summed E-state index contributed by atoms with van der Waals surface area (Å²) >= 11 is 12.2. The van der Waals surface area contributed by atoms with Crippen molar-refractivity contribution in [1.29, 1.82) is 0 Å². The van der Waals surface area contributed by atoms with Crippen LogP contribution >= 0.6 is 23.2 Å². The van der Waals surface area contributed by atoms with Gasteiger partial charge in [-0.25, -0.2) is 0 Å². The van der Waals surface area contributed by atoms with Crippen LogP contribution in [0.5, 0.6) is 0 Å². The molecule has 0 aliphatic rings. The van der Waals surface area contributed by atoms with Crippen molar-refractivity contribution in [3.63, 3.8) is 0 Å². The number of halogens is 2. The van der Waals surface area contributed by atoms with Gasteiger partial charge in [-0.05, 0) is 30.6 Å². The van der Waals surface area contributed by atoms with Crippen molar-refractivity contribution in [2.45, 2.75) is 40.0 Å². The van der Waals surface area contributed by atoms with Crippen LogP contribution in [0.4, 0.5) is 5.69 Å². The Morgan fingerprint density at radius 3 is 2.17 bits per heavy atom. The first-order chi connectivity index (χ1) is 8.12. The molecule has 0 bridgehead atoms. The lowest BCUT2D eigenvalue weighted by molar-refractivity contribution is 0.0873. The van der Waals surface area contributed by atoms with Gasteiger partial charge < -0.3 is 10.2 Å². The highest BCUT2D eigenvalue weighted by atomic mass is 35.5. The Morgan fingerprint density at radius 1 is 1.22 bits per heavy atom. The van der Waals surface area contributed by atoms with E-state index in [-0.39, 0.29) is 11.5 Å². The average molecular weight is 305 g/mol. The lowest BCUT2D eigenvalue weighted by Gasteiger charge is -2.34. The molecule has 0 fully saturated rings. The third-order valence-corrected chi connectivity index (χ3v) is 3.77. The Bertz CT molecular complexity index is 406. The molecule has 0 amide bonds. The van der Waals surface area contributed by atoms with Crippen LogP contribution < -0.4 is 5.73 Å². The third-order valence-electron chi connectivity index (χ3n) is 2.53. The second-order valence-electron chi connectivity index (χ2n) is 5.66. The minimum absolute atomic E-state index is 0.0759. The van der Waals surface area contributed by atoms with Crippen LogP contribution in [0.15, 0.2) is 12.1 Å². The SMILES string of the molecule is C[Si](C)OC(c1c(N)cc(Cl)cc1Cl)C(C)(C)C. The van der Waals surface area contributed by atoms with Gasteiger partial charge in [0.25, 0.3) is 0 Å². The topological polar surface area (TPSA) is 35.2 Å². The maximum Gasteiger partial charge on any atom is 0.205 e. The van der Waals surface area contributed by atoms with Crippen molar-refractivity contribution in [3.05, 3.63) is 27.7 Å². The number of hydrogen-bond donors (Lipinski definition) is 1. The second kappa shape index (κ2) is 5.82. The largest absolute Gasteiger partial charge is 0.410 e. The van der Waals surface area contributed by atoms with E-state index in [1.807, 2.05) is 0 Å². The zero-order valence-electron chi connectivity index (χ0n) is 11.5. The van der Waals surface area contributed by atoms with Gasteiger partial charge in [0.15, 0.2) is 0 Å². The summed E-state index contributed by atoms with van der Waals surface area (Å²) in [5.41, 5.74) is 7.42. The lowest BCUT2D eigenvalue weighted by atomic mass is 9.84. The number of rotatable bonds is 3. The van der Waals surface area contributed by atoms with Gasteiger partial charge in [-0.3, -0.25) is 0 Å². The molecule has 2 nitrogen and oxygen atoms in total. The zero-order chi connectivity index (χ0) is 14.1. The van der Waals surface area contributed by atoms with Crippen LogP contribution in [0.2, 0.25) is 23.1 Å². The first-order valence-corrected chi connectivity index (χ1v) is 9.00. The molecule has 18 heavy (non-hydrogen) atoms. The van der Waals surface area contributed by atoms with Crippen molar-refractivity contribution >= 4 is 37.9 Å². The Balaban J connectivity index is 3.30. The molecule has 0 saturated heterocycles. The molecule has 1 radical (unpaired) electrons. The minimum atomic E-state index is -0.853. The van der Waals surface area contributed by atoms with Gasteiger partial charge in [-0.15, -0.1) is 0 Å². The van der Waals surface area contributed by atoms with E-state index in [0.717, 1.165) is 5.56 Å². The minimum Gasteiger partial charge on any atom is -0.410 e. The number of anilines is 1. The fraction of sp³-hybridized carbons (Fsp3) is 0.538. The fourth-order valence-electron chi connectivity index (χ4n) is 1.79. The first kappa shape index (κ1) is 15.8. The predicted octanol–water partition coefficient (Wildman–Crippen LogP) is 4.93. The van der Waals surface area contributed by atoms with E-state index in [0.29, 0.717) is 15.7 Å². The quantitative estimate of drug-likeness (QED) is 0.634. The molecule has 0 aliphatic carbocycles. The Morgan fingerprint density at radius 2 is 1.78 bits per heavy atom. The van der Waals surface area contributed by atoms with Gasteiger partial charge >= 0.3 is 0 Å². The van der Waals surface area contributed by atoms with E-state index in [9.17, 15) is 0 Å². The molecule has 2 N–H and O–H groups in total. The first-order valence-electron chi connectivity index (χ1n) is 5.84. The number of benzene rings is 1. The summed E-state index contributed by atoms with van der Waals surface area (Å²) in [5.74, 6) is 0. The van der Waals surface area contributed by atoms with Gasteiger partial charge in [0.1, 0.15) is 0 Å². The molecule has 5 heteroatoms. The Kier molecular flexibility index (Phi) is 5.12. The lowest BCUT2D eigenvalue weighted by Crippen LogP contribution is -2.27. The molecular weight excluding hydrogens is 285 g/mol. The summed E-state index contributed by atoms with van der Waals surface area (Å²) in [4.78, 5) is 0. The third kappa shape index (κ3) is 3.89. The van der Waals surface area contributed by atoms with E-state index < -0.39 is 9.04 Å². The predicted molar refractivity (Wildman–Crippen MR) is 81.6 cm³/mol. The van der Waals surface area contributed by atoms with Crippen LogP contribution in [0, 0.1) is 5.41 Å². The molecule has 1 rings (SSSR count). The summed E-state index contributed by atoms with van der Waals surface area (Å²) < 4.78 is 6.10. The molecule has 1 unspecified atom stereocenters. The van der Waals surface area contributed by atoms with Gasteiger partial charge in [-0.1, -0.05) is 44.0 Å². The van der Waals surface area contributed by atoms with Crippen LogP contribution in [0.1, 0.15) is 32.4 Å². The standard InChI is InChI=1S/C13H20Cl2NOSi/c1-13(2,3)12(17-18(4)5)11-9(15)6-8(14)7-10(11)16/h6-7,12H,16H2,1-5H3. The highest BCUT2D eigenvalue weighted by Crippen LogP contribution is 2.43. The Hall–Kier alpha value is -0.223. The summed E-state index contributed by atoms with van der Waals surface area (Å²) in [6, 6.07) is 3.44. The smallest absolute Gasteiger partial charge is 0.205 e. The molecule has 0 aromatic heterocycles. The summed E-state index contributed by atoms with van der Waals surface area (Å²) in [5, 5.41) is 1.12. The normalized spacial score (nSPS) is 14.0. The molecule has 0 spiro atoms. The highest BCUT2D eigenvalue weighted by molar-refractivity contribution is 6.48. The van der Waals surface area contributed by atoms with Gasteiger partial charge in [0.05, 0.1) is 6.10 Å². The number of nitrogen functional groups attached to an aromatic ring is 1. The van der Waals surface area contributed by atoms with Crippen LogP contribution in [0.25, 0.3) is 0 Å². The summed E-state index contributed by atoms with van der Waals surface area (Å²) in [6.45, 7) is 10.6. The summed E-state index contributed by atoms with van der Waals surface area (Å²) in [6.07, 6.45) is -0.119. The van der Waals surface area contributed by atoms with Crippen molar-refractivity contribution in [2.75, 3.05) is 5.73 Å². The maximum atomic E-state index is 6.29. The van der Waals surface area contributed by atoms with Crippen LogP contribution in [0.3, 0.4) is 0 Å². The summed E-state index contributed by atoms with van der Waals surface area (Å²) in [7, 11) is -0.853. The monoisotopic (exact) mass is 304 g/mol. The van der Waals surface area contributed by atoms with Crippen LogP contribution in [-0.4, -0.2) is 9.04 Å². The zero-order valence-corrected chi connectivity index (χ0v) is 14.0. The van der Waals surface area contributed by atoms with E-state index in [1.165, 1.54) is 0 Å². The van der Waals surface area contributed by atoms with Crippen molar-refractivity contribution in [3.8, 4) is 0 Å². The van der Waals surface area contributed by atoms with Gasteiger partial charge in [0.2, 0.25) is 9.04 Å². The van der Waals surface area contributed by atoms with E-state index in [1.54, 1.807) is 12.1 Å². The maximum absolute atomic E-state index is 6.29. The molecule has 0 aliphatic heterocycles. The van der Waals surface area contributed by atoms with Gasteiger partial charge in [-0.2, -0.15) is 0 Å². The number of hydrogen-bond acceptors (Lipinski definition) is 2. The molecule has 1 aromatic carbocycles. The van der Waals surface area contributed by atoms with E-state index in [4.69, 9.17) is 33.4 Å². The molecule has 1 aromatic rings. The molecule has 0 heterocycles. The van der Waals surface area contributed by atoms with Crippen molar-refractivity contribution in [1.82, 2.24) is 0 Å². The van der Waals surface area contributed by atoms with E-state index >= 15 is 0 Å². The highest BCUT2D eigenvalue weighted by Gasteiger charge is 2.31.